The van der Waals surface area contributed by atoms with Crippen LogP contribution in [-0.4, -0.2) is 6.04 Å². The fourth-order valence-corrected chi connectivity index (χ4v) is 3.22. The Balaban J connectivity index is 1.80. The Morgan fingerprint density at radius 1 is 1.26 bits per heavy atom. The van der Waals surface area contributed by atoms with Crippen molar-refractivity contribution < 1.29 is 4.39 Å². The lowest BCUT2D eigenvalue weighted by Gasteiger charge is -2.23. The second-order valence-electron chi connectivity index (χ2n) is 5.76. The SMILES string of the molecule is NC(CCC1CCCCC1)Cc1cccc(F)c1Cl. The summed E-state index contributed by atoms with van der Waals surface area (Å²) in [6.07, 6.45) is 9.72. The van der Waals surface area contributed by atoms with Crippen LogP contribution in [0.4, 0.5) is 4.39 Å². The molecule has 3 heteroatoms. The highest BCUT2D eigenvalue weighted by Gasteiger charge is 2.16. The monoisotopic (exact) mass is 283 g/mol. The molecule has 0 radical (unpaired) electrons. The molecule has 1 saturated carbocycles. The highest BCUT2D eigenvalue weighted by molar-refractivity contribution is 6.31. The molecule has 1 aliphatic rings. The van der Waals surface area contributed by atoms with Crippen LogP contribution in [0, 0.1) is 11.7 Å². The molecule has 0 heterocycles. The minimum absolute atomic E-state index is 0.0845. The molecule has 1 fully saturated rings. The number of nitrogens with two attached hydrogens (primary N) is 1. The van der Waals surface area contributed by atoms with E-state index in [0.717, 1.165) is 17.9 Å². The van der Waals surface area contributed by atoms with E-state index in [1.807, 2.05) is 6.07 Å². The van der Waals surface area contributed by atoms with E-state index in [1.165, 1.54) is 44.6 Å². The number of benzene rings is 1. The third-order valence-electron chi connectivity index (χ3n) is 4.18. The zero-order valence-electron chi connectivity index (χ0n) is 11.4. The molecule has 0 spiro atoms. The van der Waals surface area contributed by atoms with Crippen LogP contribution < -0.4 is 5.73 Å². The Morgan fingerprint density at radius 3 is 2.74 bits per heavy atom. The minimum atomic E-state index is -0.348. The van der Waals surface area contributed by atoms with Crippen molar-refractivity contribution in [2.45, 2.75) is 57.4 Å². The predicted molar refractivity (Wildman–Crippen MR) is 78.9 cm³/mol. The smallest absolute Gasteiger partial charge is 0.142 e. The number of halogens is 2. The van der Waals surface area contributed by atoms with E-state index in [2.05, 4.69) is 0 Å². The van der Waals surface area contributed by atoms with E-state index in [1.54, 1.807) is 6.07 Å². The molecule has 1 aromatic carbocycles. The van der Waals surface area contributed by atoms with Crippen LogP contribution >= 0.6 is 11.6 Å². The maximum Gasteiger partial charge on any atom is 0.142 e. The molecule has 106 valence electrons. The van der Waals surface area contributed by atoms with Gasteiger partial charge in [0.2, 0.25) is 0 Å². The van der Waals surface area contributed by atoms with Crippen LogP contribution in [0.3, 0.4) is 0 Å². The maximum atomic E-state index is 13.3. The molecule has 1 atom stereocenters. The number of hydrogen-bond donors (Lipinski definition) is 1. The molecule has 1 unspecified atom stereocenters. The van der Waals surface area contributed by atoms with Gasteiger partial charge in [0, 0.05) is 6.04 Å². The average Bonchev–Trinajstić information content (AvgIpc) is 2.43. The van der Waals surface area contributed by atoms with E-state index in [9.17, 15) is 4.39 Å². The van der Waals surface area contributed by atoms with Gasteiger partial charge in [0.25, 0.3) is 0 Å². The predicted octanol–water partition coefficient (Wildman–Crippen LogP) is 4.71. The molecule has 0 bridgehead atoms. The Bertz CT molecular complexity index is 402. The molecule has 0 aromatic heterocycles. The van der Waals surface area contributed by atoms with E-state index < -0.39 is 0 Å². The number of rotatable bonds is 5. The third kappa shape index (κ3) is 4.47. The summed E-state index contributed by atoms with van der Waals surface area (Å²) in [5.41, 5.74) is 6.99. The fraction of sp³-hybridized carbons (Fsp3) is 0.625. The van der Waals surface area contributed by atoms with Crippen LogP contribution in [0.5, 0.6) is 0 Å². The lowest BCUT2D eigenvalue weighted by molar-refractivity contribution is 0.323. The van der Waals surface area contributed by atoms with Gasteiger partial charge in [0.1, 0.15) is 5.82 Å². The van der Waals surface area contributed by atoms with Gasteiger partial charge in [-0.25, -0.2) is 4.39 Å². The molecule has 1 nitrogen and oxygen atoms in total. The fourth-order valence-electron chi connectivity index (χ4n) is 3.02. The van der Waals surface area contributed by atoms with Crippen molar-refractivity contribution in [3.05, 3.63) is 34.6 Å². The van der Waals surface area contributed by atoms with Crippen LogP contribution in [0.15, 0.2) is 18.2 Å². The summed E-state index contributed by atoms with van der Waals surface area (Å²) in [4.78, 5) is 0. The second-order valence-corrected chi connectivity index (χ2v) is 6.14. The van der Waals surface area contributed by atoms with E-state index in [4.69, 9.17) is 17.3 Å². The van der Waals surface area contributed by atoms with Crippen LogP contribution in [0.25, 0.3) is 0 Å². The quantitative estimate of drug-likeness (QED) is 0.832. The Morgan fingerprint density at radius 2 is 2.00 bits per heavy atom. The summed E-state index contributed by atoms with van der Waals surface area (Å²) in [6, 6.07) is 5.04. The summed E-state index contributed by atoms with van der Waals surface area (Å²) in [6.45, 7) is 0. The summed E-state index contributed by atoms with van der Waals surface area (Å²) in [5, 5.41) is 0.232. The first-order valence-corrected chi connectivity index (χ1v) is 7.73. The van der Waals surface area contributed by atoms with Crippen LogP contribution in [-0.2, 0) is 6.42 Å². The van der Waals surface area contributed by atoms with Crippen molar-refractivity contribution in [2.75, 3.05) is 0 Å². The molecule has 0 saturated heterocycles. The van der Waals surface area contributed by atoms with Crippen molar-refractivity contribution in [1.82, 2.24) is 0 Å². The van der Waals surface area contributed by atoms with Crippen molar-refractivity contribution in [3.63, 3.8) is 0 Å². The van der Waals surface area contributed by atoms with E-state index >= 15 is 0 Å². The van der Waals surface area contributed by atoms with Gasteiger partial charge in [0.15, 0.2) is 0 Å². The largest absolute Gasteiger partial charge is 0.327 e. The highest BCUT2D eigenvalue weighted by Crippen LogP contribution is 2.28. The molecule has 19 heavy (non-hydrogen) atoms. The van der Waals surface area contributed by atoms with Gasteiger partial charge in [0.05, 0.1) is 5.02 Å². The minimum Gasteiger partial charge on any atom is -0.327 e. The van der Waals surface area contributed by atoms with Gasteiger partial charge in [-0.2, -0.15) is 0 Å². The first-order chi connectivity index (χ1) is 9.16. The van der Waals surface area contributed by atoms with Crippen molar-refractivity contribution in [1.29, 1.82) is 0 Å². The lowest BCUT2D eigenvalue weighted by atomic mass is 9.85. The summed E-state index contributed by atoms with van der Waals surface area (Å²) >= 11 is 5.96. The van der Waals surface area contributed by atoms with Gasteiger partial charge >= 0.3 is 0 Å². The van der Waals surface area contributed by atoms with Gasteiger partial charge in [-0.15, -0.1) is 0 Å². The van der Waals surface area contributed by atoms with Gasteiger partial charge in [-0.3, -0.25) is 0 Å². The molecular formula is C16H23ClFN. The zero-order chi connectivity index (χ0) is 13.7. The molecule has 1 aromatic rings. The topological polar surface area (TPSA) is 26.0 Å². The van der Waals surface area contributed by atoms with Crippen molar-refractivity contribution >= 4 is 11.6 Å². The standard InChI is InChI=1S/C16H23ClFN/c17-16-13(7-4-8-15(16)18)11-14(19)10-9-12-5-2-1-3-6-12/h4,7-8,12,14H,1-3,5-6,9-11,19H2. The Kier molecular flexibility index (Phi) is 5.65. The normalized spacial score (nSPS) is 18.5. The molecule has 0 aliphatic heterocycles. The first-order valence-electron chi connectivity index (χ1n) is 7.35. The first kappa shape index (κ1) is 14.8. The molecule has 1 aliphatic carbocycles. The zero-order valence-corrected chi connectivity index (χ0v) is 12.1. The highest BCUT2D eigenvalue weighted by atomic mass is 35.5. The third-order valence-corrected chi connectivity index (χ3v) is 4.61. The molecule has 2 N–H and O–H groups in total. The van der Waals surface area contributed by atoms with E-state index in [-0.39, 0.29) is 16.9 Å². The Hall–Kier alpha value is -0.600. The summed E-state index contributed by atoms with van der Waals surface area (Å²) < 4.78 is 13.3. The lowest BCUT2D eigenvalue weighted by Crippen LogP contribution is -2.24. The molecular weight excluding hydrogens is 261 g/mol. The summed E-state index contributed by atoms with van der Waals surface area (Å²) in [7, 11) is 0. The van der Waals surface area contributed by atoms with Crippen LogP contribution in [0.2, 0.25) is 5.02 Å². The average molecular weight is 284 g/mol. The van der Waals surface area contributed by atoms with Crippen LogP contribution in [0.1, 0.15) is 50.5 Å². The number of hydrogen-bond acceptors (Lipinski definition) is 1. The second kappa shape index (κ2) is 7.25. The Labute approximate surface area is 120 Å². The van der Waals surface area contributed by atoms with E-state index in [0.29, 0.717) is 6.42 Å². The van der Waals surface area contributed by atoms with Crippen molar-refractivity contribution in [2.24, 2.45) is 11.7 Å². The molecule has 0 amide bonds. The van der Waals surface area contributed by atoms with Crippen molar-refractivity contribution in [3.8, 4) is 0 Å². The maximum absolute atomic E-state index is 13.3. The summed E-state index contributed by atoms with van der Waals surface area (Å²) in [5.74, 6) is 0.501. The molecule has 2 rings (SSSR count). The van der Waals surface area contributed by atoms with Gasteiger partial charge < -0.3 is 5.73 Å². The van der Waals surface area contributed by atoms with Gasteiger partial charge in [-0.1, -0.05) is 55.8 Å². The van der Waals surface area contributed by atoms with Gasteiger partial charge in [-0.05, 0) is 36.8 Å².